The highest BCUT2D eigenvalue weighted by Crippen LogP contribution is 2.28. The first-order valence-electron chi connectivity index (χ1n) is 8.58. The molecule has 0 saturated carbocycles. The van der Waals surface area contributed by atoms with E-state index < -0.39 is 0 Å². The Morgan fingerprint density at radius 1 is 0.926 bits per heavy atom. The maximum Gasteiger partial charge on any atom is 0.244 e. The Balaban J connectivity index is 1.74. The normalized spacial score (nSPS) is 11.2. The Morgan fingerprint density at radius 2 is 1.70 bits per heavy atom. The maximum absolute atomic E-state index is 6.15. The lowest BCUT2D eigenvalue weighted by Crippen LogP contribution is -2.00. The molecule has 27 heavy (non-hydrogen) atoms. The van der Waals surface area contributed by atoms with Crippen molar-refractivity contribution in [2.45, 2.75) is 6.92 Å². The topological polar surface area (TPSA) is 50.2 Å². The molecule has 4 rings (SSSR count). The highest BCUT2D eigenvalue weighted by atomic mass is 35.5. The first-order valence-corrected chi connectivity index (χ1v) is 8.96. The summed E-state index contributed by atoms with van der Waals surface area (Å²) in [6, 6.07) is 23.7. The van der Waals surface area contributed by atoms with Gasteiger partial charge >= 0.3 is 0 Å². The van der Waals surface area contributed by atoms with Crippen LogP contribution in [0.15, 0.2) is 77.9 Å². The molecule has 0 fully saturated rings. The molecule has 0 radical (unpaired) electrons. The Bertz CT molecular complexity index is 1120. The molecule has 0 saturated heterocycles. The molecule has 4 nitrogen and oxygen atoms in total. The zero-order valence-electron chi connectivity index (χ0n) is 14.7. The number of nitrogens with one attached hydrogen (secondary N) is 1. The molecule has 4 aromatic rings. The lowest BCUT2D eigenvalue weighted by Gasteiger charge is -2.09. The summed E-state index contributed by atoms with van der Waals surface area (Å²) in [4.78, 5) is 9.28. The number of hydrazone groups is 1. The van der Waals surface area contributed by atoms with Gasteiger partial charge in [0.05, 0.1) is 17.4 Å². The molecule has 0 unspecified atom stereocenters. The Labute approximate surface area is 162 Å². The number of rotatable bonds is 4. The van der Waals surface area contributed by atoms with Crippen molar-refractivity contribution >= 4 is 34.7 Å². The third-order valence-electron chi connectivity index (χ3n) is 4.17. The molecule has 132 valence electrons. The number of hydrogen-bond donors (Lipinski definition) is 1. The molecule has 0 spiro atoms. The molecule has 3 aromatic carbocycles. The lowest BCUT2D eigenvalue weighted by atomic mass is 10.0. The summed E-state index contributed by atoms with van der Waals surface area (Å²) >= 11 is 6.15. The van der Waals surface area contributed by atoms with Gasteiger partial charge in [0.15, 0.2) is 0 Å². The van der Waals surface area contributed by atoms with Gasteiger partial charge in [0.2, 0.25) is 5.95 Å². The third kappa shape index (κ3) is 3.81. The van der Waals surface area contributed by atoms with Gasteiger partial charge in [0.25, 0.3) is 0 Å². The molecule has 0 aliphatic rings. The Kier molecular flexibility index (Phi) is 4.81. The van der Waals surface area contributed by atoms with Crippen LogP contribution in [0.1, 0.15) is 11.1 Å². The van der Waals surface area contributed by atoms with Crippen molar-refractivity contribution < 1.29 is 0 Å². The fourth-order valence-corrected chi connectivity index (χ4v) is 3.03. The second-order valence-corrected chi connectivity index (χ2v) is 6.58. The fraction of sp³-hybridized carbons (Fsp3) is 0.0455. The number of aryl methyl sites for hydroxylation is 1. The predicted octanol–water partition coefficient (Wildman–Crippen LogP) is 5.70. The van der Waals surface area contributed by atoms with E-state index in [4.69, 9.17) is 16.6 Å². The summed E-state index contributed by atoms with van der Waals surface area (Å²) in [5.74, 6) is 0.438. The van der Waals surface area contributed by atoms with E-state index >= 15 is 0 Å². The van der Waals surface area contributed by atoms with E-state index in [-0.39, 0.29) is 0 Å². The molecule has 1 heterocycles. The van der Waals surface area contributed by atoms with Crippen LogP contribution in [0.3, 0.4) is 0 Å². The molecule has 0 atom stereocenters. The minimum absolute atomic E-state index is 0.438. The number of nitrogens with zero attached hydrogens (tertiary/aromatic N) is 3. The summed E-state index contributed by atoms with van der Waals surface area (Å²) in [7, 11) is 0. The van der Waals surface area contributed by atoms with E-state index in [9.17, 15) is 0 Å². The molecule has 1 aromatic heterocycles. The van der Waals surface area contributed by atoms with Crippen molar-refractivity contribution in [3.8, 4) is 11.3 Å². The number of benzene rings is 3. The van der Waals surface area contributed by atoms with Crippen molar-refractivity contribution in [2.24, 2.45) is 5.10 Å². The minimum atomic E-state index is 0.438. The predicted molar refractivity (Wildman–Crippen MR) is 112 cm³/mol. The number of halogens is 1. The summed E-state index contributed by atoms with van der Waals surface area (Å²) in [5.41, 5.74) is 7.69. The first-order chi connectivity index (χ1) is 13.2. The highest BCUT2D eigenvalue weighted by Gasteiger charge is 2.10. The number of hydrogen-bond acceptors (Lipinski definition) is 4. The SMILES string of the molecule is Cc1ccc2nc(N/N=C/c3ccccc3Cl)nc(-c3ccccc3)c2c1. The van der Waals surface area contributed by atoms with Crippen LogP contribution >= 0.6 is 11.6 Å². The number of anilines is 1. The molecule has 0 aliphatic carbocycles. The average molecular weight is 373 g/mol. The van der Waals surface area contributed by atoms with E-state index in [1.54, 1.807) is 6.21 Å². The molecule has 5 heteroatoms. The summed E-state index contributed by atoms with van der Waals surface area (Å²) in [6.07, 6.45) is 1.66. The van der Waals surface area contributed by atoms with Gasteiger partial charge in [0, 0.05) is 21.5 Å². The van der Waals surface area contributed by atoms with Gasteiger partial charge in [-0.15, -0.1) is 0 Å². The van der Waals surface area contributed by atoms with Gasteiger partial charge in [-0.2, -0.15) is 5.10 Å². The highest BCUT2D eigenvalue weighted by molar-refractivity contribution is 6.33. The molecule has 1 N–H and O–H groups in total. The molecule has 0 aliphatic heterocycles. The van der Waals surface area contributed by atoms with Gasteiger partial charge < -0.3 is 0 Å². The van der Waals surface area contributed by atoms with Crippen LogP contribution in [-0.2, 0) is 0 Å². The van der Waals surface area contributed by atoms with E-state index in [0.717, 1.165) is 27.7 Å². The zero-order valence-corrected chi connectivity index (χ0v) is 15.5. The van der Waals surface area contributed by atoms with Crippen LogP contribution in [-0.4, -0.2) is 16.2 Å². The van der Waals surface area contributed by atoms with Gasteiger partial charge in [-0.25, -0.2) is 15.4 Å². The first kappa shape index (κ1) is 17.2. The molecule has 0 bridgehead atoms. The largest absolute Gasteiger partial charge is 0.245 e. The number of aromatic nitrogens is 2. The molecule has 0 amide bonds. The van der Waals surface area contributed by atoms with Gasteiger partial charge in [-0.05, 0) is 25.1 Å². The third-order valence-corrected chi connectivity index (χ3v) is 4.52. The average Bonchev–Trinajstić information content (AvgIpc) is 2.70. The summed E-state index contributed by atoms with van der Waals surface area (Å²) < 4.78 is 0. The second kappa shape index (κ2) is 7.56. The van der Waals surface area contributed by atoms with E-state index in [1.807, 2.05) is 66.7 Å². The van der Waals surface area contributed by atoms with Crippen LogP contribution in [0.4, 0.5) is 5.95 Å². The summed E-state index contributed by atoms with van der Waals surface area (Å²) in [5, 5.41) is 5.90. The Morgan fingerprint density at radius 3 is 2.52 bits per heavy atom. The Hall–Kier alpha value is -3.24. The van der Waals surface area contributed by atoms with Crippen LogP contribution in [0.25, 0.3) is 22.2 Å². The van der Waals surface area contributed by atoms with Crippen molar-refractivity contribution in [3.63, 3.8) is 0 Å². The zero-order chi connectivity index (χ0) is 18.6. The number of fused-ring (bicyclic) bond motifs is 1. The van der Waals surface area contributed by atoms with Crippen molar-refractivity contribution in [2.75, 3.05) is 5.43 Å². The fourth-order valence-electron chi connectivity index (χ4n) is 2.85. The molecular weight excluding hydrogens is 356 g/mol. The maximum atomic E-state index is 6.15. The summed E-state index contributed by atoms with van der Waals surface area (Å²) in [6.45, 7) is 2.06. The van der Waals surface area contributed by atoms with Gasteiger partial charge in [-0.1, -0.05) is 71.8 Å². The van der Waals surface area contributed by atoms with Crippen molar-refractivity contribution in [1.29, 1.82) is 0 Å². The monoisotopic (exact) mass is 372 g/mol. The van der Waals surface area contributed by atoms with E-state index in [0.29, 0.717) is 11.0 Å². The minimum Gasteiger partial charge on any atom is -0.245 e. The van der Waals surface area contributed by atoms with Crippen LogP contribution in [0, 0.1) is 6.92 Å². The molecular formula is C22H17ClN4. The second-order valence-electron chi connectivity index (χ2n) is 6.17. The quantitative estimate of drug-likeness (QED) is 0.369. The van der Waals surface area contributed by atoms with E-state index in [1.165, 1.54) is 5.56 Å². The smallest absolute Gasteiger partial charge is 0.244 e. The van der Waals surface area contributed by atoms with Crippen molar-refractivity contribution in [3.05, 3.63) is 88.9 Å². The van der Waals surface area contributed by atoms with E-state index in [2.05, 4.69) is 28.5 Å². The van der Waals surface area contributed by atoms with Crippen LogP contribution < -0.4 is 5.43 Å². The van der Waals surface area contributed by atoms with Crippen LogP contribution in [0.5, 0.6) is 0 Å². The standard InChI is InChI=1S/C22H17ClN4/c1-15-11-12-20-18(13-15)21(16-7-3-2-4-8-16)26-22(25-20)27-24-14-17-9-5-6-10-19(17)23/h2-14H,1H3,(H,25,26,27)/b24-14+. The van der Waals surface area contributed by atoms with Gasteiger partial charge in [-0.3, -0.25) is 0 Å². The van der Waals surface area contributed by atoms with Crippen LogP contribution in [0.2, 0.25) is 5.02 Å². The van der Waals surface area contributed by atoms with Crippen molar-refractivity contribution in [1.82, 2.24) is 9.97 Å². The lowest BCUT2D eigenvalue weighted by molar-refractivity contribution is 1.15. The van der Waals surface area contributed by atoms with Gasteiger partial charge in [0.1, 0.15) is 0 Å².